The maximum Gasteiger partial charge on any atom is 0.342 e. The predicted molar refractivity (Wildman–Crippen MR) is 74.0 cm³/mol. The SMILES string of the molecule is CCOC(=O)c1c(C)nc([S])nc1-c1ccccc1. The Bertz CT molecular complexity index is 600. The standard InChI is InChI=1S/C14H13N2O2S/c1-3-18-13(17)11-9(2)15-14(19)16-12(11)10-7-5-4-6-8-10/h4-8H,3H2,1-2H3. The van der Waals surface area contributed by atoms with Gasteiger partial charge in [-0.3, -0.25) is 0 Å². The van der Waals surface area contributed by atoms with Crippen LogP contribution in [-0.4, -0.2) is 22.5 Å². The van der Waals surface area contributed by atoms with Gasteiger partial charge in [-0.2, -0.15) is 0 Å². The molecule has 0 aliphatic heterocycles. The number of esters is 1. The van der Waals surface area contributed by atoms with E-state index in [-0.39, 0.29) is 5.16 Å². The van der Waals surface area contributed by atoms with Gasteiger partial charge in [-0.1, -0.05) is 30.3 Å². The zero-order valence-corrected chi connectivity index (χ0v) is 11.5. The van der Waals surface area contributed by atoms with Gasteiger partial charge in [0.15, 0.2) is 0 Å². The zero-order chi connectivity index (χ0) is 13.8. The predicted octanol–water partition coefficient (Wildman–Crippen LogP) is 3.19. The summed E-state index contributed by atoms with van der Waals surface area (Å²) in [4.78, 5) is 20.3. The molecule has 2 aromatic rings. The number of ether oxygens (including phenoxy) is 1. The summed E-state index contributed by atoms with van der Waals surface area (Å²) in [6, 6.07) is 9.41. The molecule has 1 aromatic heterocycles. The highest BCUT2D eigenvalue weighted by Crippen LogP contribution is 2.25. The molecule has 0 saturated heterocycles. The van der Waals surface area contributed by atoms with E-state index >= 15 is 0 Å². The van der Waals surface area contributed by atoms with E-state index in [9.17, 15) is 4.79 Å². The lowest BCUT2D eigenvalue weighted by atomic mass is 10.0. The van der Waals surface area contributed by atoms with Gasteiger partial charge < -0.3 is 4.74 Å². The normalized spacial score (nSPS) is 10.2. The maximum atomic E-state index is 12.0. The van der Waals surface area contributed by atoms with Crippen molar-refractivity contribution in [2.75, 3.05) is 6.61 Å². The molecule has 0 aliphatic carbocycles. The van der Waals surface area contributed by atoms with Crippen molar-refractivity contribution in [2.45, 2.75) is 19.0 Å². The van der Waals surface area contributed by atoms with E-state index in [1.165, 1.54) is 0 Å². The summed E-state index contributed by atoms with van der Waals surface area (Å²) >= 11 is 5.02. The quantitative estimate of drug-likeness (QED) is 0.636. The fourth-order valence-corrected chi connectivity index (χ4v) is 2.03. The topological polar surface area (TPSA) is 52.1 Å². The molecule has 97 valence electrons. The highest BCUT2D eigenvalue weighted by atomic mass is 32.1. The number of hydrogen-bond acceptors (Lipinski definition) is 4. The number of nitrogens with zero attached hydrogens (tertiary/aromatic N) is 2. The summed E-state index contributed by atoms with van der Waals surface area (Å²) in [5.74, 6) is -0.422. The third-order valence-electron chi connectivity index (χ3n) is 2.60. The van der Waals surface area contributed by atoms with Crippen LogP contribution in [-0.2, 0) is 4.74 Å². The van der Waals surface area contributed by atoms with Crippen molar-refractivity contribution in [3.8, 4) is 11.3 Å². The monoisotopic (exact) mass is 273 g/mol. The molecular weight excluding hydrogens is 260 g/mol. The van der Waals surface area contributed by atoms with Crippen molar-refractivity contribution in [1.82, 2.24) is 9.97 Å². The summed E-state index contributed by atoms with van der Waals surface area (Å²) in [5.41, 5.74) is 2.26. The highest BCUT2D eigenvalue weighted by Gasteiger charge is 2.20. The van der Waals surface area contributed by atoms with Crippen LogP contribution < -0.4 is 0 Å². The van der Waals surface area contributed by atoms with Crippen molar-refractivity contribution < 1.29 is 9.53 Å². The van der Waals surface area contributed by atoms with Crippen LogP contribution in [0.1, 0.15) is 23.0 Å². The molecule has 4 nitrogen and oxygen atoms in total. The van der Waals surface area contributed by atoms with Crippen molar-refractivity contribution in [3.05, 3.63) is 41.6 Å². The van der Waals surface area contributed by atoms with Crippen LogP contribution in [0.4, 0.5) is 0 Å². The number of benzene rings is 1. The van der Waals surface area contributed by atoms with Crippen LogP contribution >= 0.6 is 12.6 Å². The summed E-state index contributed by atoms with van der Waals surface area (Å²) in [6.07, 6.45) is 0. The number of hydrogen-bond donors (Lipinski definition) is 0. The molecule has 1 heterocycles. The van der Waals surface area contributed by atoms with Gasteiger partial charge in [0.2, 0.25) is 5.16 Å². The fourth-order valence-electron chi connectivity index (χ4n) is 1.80. The first-order valence-electron chi connectivity index (χ1n) is 5.91. The van der Waals surface area contributed by atoms with Crippen LogP contribution in [0.25, 0.3) is 11.3 Å². The van der Waals surface area contributed by atoms with E-state index in [2.05, 4.69) is 9.97 Å². The Labute approximate surface area is 117 Å². The van der Waals surface area contributed by atoms with Gasteiger partial charge in [-0.15, -0.1) is 0 Å². The van der Waals surface area contributed by atoms with Crippen LogP contribution in [0.2, 0.25) is 0 Å². The molecule has 0 amide bonds. The van der Waals surface area contributed by atoms with Crippen molar-refractivity contribution in [1.29, 1.82) is 0 Å². The van der Waals surface area contributed by atoms with Crippen molar-refractivity contribution >= 4 is 18.6 Å². The summed E-state index contributed by atoms with van der Waals surface area (Å²) < 4.78 is 5.06. The second-order valence-electron chi connectivity index (χ2n) is 3.90. The van der Waals surface area contributed by atoms with E-state index in [1.807, 2.05) is 30.3 Å². The Morgan fingerprint density at radius 3 is 2.58 bits per heavy atom. The molecule has 0 bridgehead atoms. The molecule has 0 saturated carbocycles. The molecule has 0 atom stereocenters. The minimum atomic E-state index is -0.422. The van der Waals surface area contributed by atoms with Gasteiger partial charge in [0.1, 0.15) is 5.56 Å². The van der Waals surface area contributed by atoms with E-state index < -0.39 is 5.97 Å². The van der Waals surface area contributed by atoms with E-state index in [4.69, 9.17) is 17.4 Å². The molecule has 0 aliphatic rings. The molecule has 0 unspecified atom stereocenters. The van der Waals surface area contributed by atoms with Gasteiger partial charge in [0, 0.05) is 5.56 Å². The summed E-state index contributed by atoms with van der Waals surface area (Å²) in [7, 11) is 0. The smallest absolute Gasteiger partial charge is 0.342 e. The van der Waals surface area contributed by atoms with Gasteiger partial charge in [0.05, 0.1) is 18.0 Å². The van der Waals surface area contributed by atoms with E-state index in [0.717, 1.165) is 5.56 Å². The van der Waals surface area contributed by atoms with Gasteiger partial charge in [0.25, 0.3) is 0 Å². The molecule has 0 spiro atoms. The molecule has 1 radical (unpaired) electrons. The summed E-state index contributed by atoms with van der Waals surface area (Å²) in [6.45, 7) is 3.80. The van der Waals surface area contributed by atoms with Crippen LogP contribution in [0.15, 0.2) is 35.5 Å². The van der Waals surface area contributed by atoms with Crippen molar-refractivity contribution in [3.63, 3.8) is 0 Å². The van der Waals surface area contributed by atoms with E-state index in [1.54, 1.807) is 13.8 Å². The first kappa shape index (κ1) is 13.4. The molecule has 5 heteroatoms. The number of carbonyl (C=O) groups excluding carboxylic acids is 1. The highest BCUT2D eigenvalue weighted by molar-refractivity contribution is 7.80. The first-order chi connectivity index (χ1) is 9.13. The molecular formula is C14H13N2O2S. The summed E-state index contributed by atoms with van der Waals surface area (Å²) in [5, 5.41) is 0.226. The van der Waals surface area contributed by atoms with Gasteiger partial charge in [-0.25, -0.2) is 14.8 Å². The van der Waals surface area contributed by atoms with Gasteiger partial charge in [-0.05, 0) is 26.5 Å². The molecule has 0 N–H and O–H groups in total. The maximum absolute atomic E-state index is 12.0. The van der Waals surface area contributed by atoms with Crippen LogP contribution in [0, 0.1) is 6.92 Å². The largest absolute Gasteiger partial charge is 0.462 e. The minimum absolute atomic E-state index is 0.226. The first-order valence-corrected chi connectivity index (χ1v) is 6.32. The second-order valence-corrected chi connectivity index (χ2v) is 4.27. The lowest BCUT2D eigenvalue weighted by Gasteiger charge is -2.10. The zero-order valence-electron chi connectivity index (χ0n) is 10.7. The van der Waals surface area contributed by atoms with E-state index in [0.29, 0.717) is 23.6 Å². The Hall–Kier alpha value is -2.01. The Kier molecular flexibility index (Phi) is 4.06. The lowest BCUT2D eigenvalue weighted by molar-refractivity contribution is 0.0525. The number of aromatic nitrogens is 2. The second kappa shape index (κ2) is 5.75. The van der Waals surface area contributed by atoms with Gasteiger partial charge >= 0.3 is 5.97 Å². The third kappa shape index (κ3) is 2.88. The van der Waals surface area contributed by atoms with Crippen molar-refractivity contribution in [2.24, 2.45) is 0 Å². The minimum Gasteiger partial charge on any atom is -0.462 e. The Balaban J connectivity index is 2.62. The van der Waals surface area contributed by atoms with Crippen LogP contribution in [0.5, 0.6) is 0 Å². The fraction of sp³-hybridized carbons (Fsp3) is 0.214. The van der Waals surface area contributed by atoms with Crippen LogP contribution in [0.3, 0.4) is 0 Å². The number of carbonyl (C=O) groups is 1. The lowest BCUT2D eigenvalue weighted by Crippen LogP contribution is -2.11. The Morgan fingerprint density at radius 2 is 1.95 bits per heavy atom. The number of aryl methyl sites for hydroxylation is 1. The number of rotatable bonds is 3. The average molecular weight is 273 g/mol. The average Bonchev–Trinajstić information content (AvgIpc) is 2.39. The molecule has 0 fully saturated rings. The Morgan fingerprint density at radius 1 is 1.26 bits per heavy atom. The third-order valence-corrected chi connectivity index (χ3v) is 2.78. The molecule has 1 aromatic carbocycles. The molecule has 2 rings (SSSR count). The molecule has 19 heavy (non-hydrogen) atoms.